The van der Waals surface area contributed by atoms with Gasteiger partial charge in [-0.05, 0) is 6.07 Å². The molecule has 1 aromatic rings. The largest absolute Gasteiger partial charge is 0.310 e. The third-order valence-corrected chi connectivity index (χ3v) is 4.89. The van der Waals surface area contributed by atoms with Crippen molar-refractivity contribution in [1.82, 2.24) is 4.90 Å². The average molecular weight is 273 g/mol. The number of carbonyl (C=O) groups is 1. The molecular formula is C14H11NO3S. The van der Waals surface area contributed by atoms with Crippen LogP contribution in [-0.2, 0) is 14.6 Å². The molecule has 1 unspecified atom stereocenters. The molecule has 1 amide bonds. The first-order valence-electron chi connectivity index (χ1n) is 5.85. The third kappa shape index (κ3) is 1.76. The Morgan fingerprint density at radius 3 is 2.74 bits per heavy atom. The summed E-state index contributed by atoms with van der Waals surface area (Å²) < 4.78 is 24.0. The minimum Gasteiger partial charge on any atom is -0.310 e. The van der Waals surface area contributed by atoms with Gasteiger partial charge in [0.05, 0.1) is 16.0 Å². The first kappa shape index (κ1) is 12.0. The molecule has 1 fully saturated rings. The second-order valence-electron chi connectivity index (χ2n) is 4.62. The van der Waals surface area contributed by atoms with Gasteiger partial charge in [0.2, 0.25) is 15.7 Å². The van der Waals surface area contributed by atoms with Crippen LogP contribution in [0.15, 0.2) is 34.6 Å². The van der Waals surface area contributed by atoms with Crippen LogP contribution in [0.1, 0.15) is 12.0 Å². The van der Waals surface area contributed by atoms with Gasteiger partial charge in [0.25, 0.3) is 0 Å². The summed E-state index contributed by atoms with van der Waals surface area (Å²) in [4.78, 5) is 13.7. The zero-order valence-electron chi connectivity index (χ0n) is 10.0. The van der Waals surface area contributed by atoms with Crippen LogP contribution in [-0.4, -0.2) is 25.8 Å². The molecule has 2 aliphatic heterocycles. The second-order valence-corrected chi connectivity index (χ2v) is 6.38. The van der Waals surface area contributed by atoms with Crippen molar-refractivity contribution in [3.05, 3.63) is 35.2 Å². The second kappa shape index (κ2) is 3.97. The van der Waals surface area contributed by atoms with Gasteiger partial charge < -0.3 is 4.90 Å². The highest BCUT2D eigenvalue weighted by molar-refractivity contribution is 7.95. The predicted molar refractivity (Wildman–Crippen MR) is 70.3 cm³/mol. The van der Waals surface area contributed by atoms with Gasteiger partial charge >= 0.3 is 0 Å². The Balaban J connectivity index is 2.09. The zero-order valence-corrected chi connectivity index (χ0v) is 10.9. The molecule has 19 heavy (non-hydrogen) atoms. The van der Waals surface area contributed by atoms with Crippen molar-refractivity contribution in [1.29, 1.82) is 0 Å². The van der Waals surface area contributed by atoms with E-state index in [2.05, 4.69) is 5.92 Å². The molecule has 0 spiro atoms. The number of amides is 1. The van der Waals surface area contributed by atoms with E-state index in [0.29, 0.717) is 17.8 Å². The van der Waals surface area contributed by atoms with Gasteiger partial charge in [0, 0.05) is 24.4 Å². The molecule has 0 saturated carbocycles. The molecule has 0 radical (unpaired) electrons. The summed E-state index contributed by atoms with van der Waals surface area (Å²) in [6.07, 6.45) is 5.61. The fourth-order valence-electron chi connectivity index (χ4n) is 2.46. The monoisotopic (exact) mass is 273 g/mol. The van der Waals surface area contributed by atoms with E-state index in [-0.39, 0.29) is 23.1 Å². The van der Waals surface area contributed by atoms with E-state index in [9.17, 15) is 13.2 Å². The van der Waals surface area contributed by atoms with Crippen molar-refractivity contribution in [2.75, 3.05) is 6.54 Å². The van der Waals surface area contributed by atoms with E-state index in [1.165, 1.54) is 4.90 Å². The molecule has 1 saturated heterocycles. The van der Waals surface area contributed by atoms with Crippen LogP contribution in [0.4, 0.5) is 0 Å². The predicted octanol–water partition coefficient (Wildman–Crippen LogP) is 1.25. The standard InChI is InChI=1S/C14H11NO3S/c1-2-10-7-14(16)15(8-10)12-9-19(17,18)13-6-4-3-5-11(12)13/h1,3-6,9-10H,7-8H2. The van der Waals surface area contributed by atoms with Crippen molar-refractivity contribution in [3.63, 3.8) is 0 Å². The number of nitrogens with zero attached hydrogens (tertiary/aromatic N) is 1. The molecular weight excluding hydrogens is 262 g/mol. The maximum absolute atomic E-state index is 12.0. The summed E-state index contributed by atoms with van der Waals surface area (Å²) in [5, 5.41) is 1.16. The first-order chi connectivity index (χ1) is 9.03. The molecule has 1 aromatic carbocycles. The van der Waals surface area contributed by atoms with E-state index in [4.69, 9.17) is 6.42 Å². The molecule has 4 nitrogen and oxygen atoms in total. The Hall–Kier alpha value is -2.06. The van der Waals surface area contributed by atoms with Crippen LogP contribution in [0, 0.1) is 18.3 Å². The van der Waals surface area contributed by atoms with Crippen LogP contribution < -0.4 is 0 Å². The Morgan fingerprint density at radius 1 is 1.32 bits per heavy atom. The number of rotatable bonds is 1. The Bertz CT molecular complexity index is 740. The Kier molecular flexibility index (Phi) is 2.51. The highest BCUT2D eigenvalue weighted by Gasteiger charge is 2.36. The van der Waals surface area contributed by atoms with Gasteiger partial charge in [0.15, 0.2) is 0 Å². The quantitative estimate of drug-likeness (QED) is 0.724. The van der Waals surface area contributed by atoms with Gasteiger partial charge in [-0.2, -0.15) is 0 Å². The minimum absolute atomic E-state index is 0.124. The van der Waals surface area contributed by atoms with E-state index in [1.807, 2.05) is 0 Å². The van der Waals surface area contributed by atoms with Crippen LogP contribution in [0.5, 0.6) is 0 Å². The molecule has 2 heterocycles. The number of sulfone groups is 1. The van der Waals surface area contributed by atoms with Crippen LogP contribution in [0.3, 0.4) is 0 Å². The number of fused-ring (bicyclic) bond motifs is 1. The van der Waals surface area contributed by atoms with Gasteiger partial charge in [-0.25, -0.2) is 8.42 Å². The number of benzene rings is 1. The minimum atomic E-state index is -3.45. The van der Waals surface area contributed by atoms with Crippen molar-refractivity contribution in [3.8, 4) is 12.3 Å². The summed E-state index contributed by atoms with van der Waals surface area (Å²) in [5.74, 6) is 2.28. The summed E-state index contributed by atoms with van der Waals surface area (Å²) in [5.41, 5.74) is 1.02. The summed E-state index contributed by atoms with van der Waals surface area (Å²) >= 11 is 0. The fraction of sp³-hybridized carbons (Fsp3) is 0.214. The summed E-state index contributed by atoms with van der Waals surface area (Å²) in [6.45, 7) is 0.380. The summed E-state index contributed by atoms with van der Waals surface area (Å²) in [6, 6.07) is 6.69. The molecule has 0 bridgehead atoms. The Morgan fingerprint density at radius 2 is 2.05 bits per heavy atom. The van der Waals surface area contributed by atoms with Crippen LogP contribution in [0.25, 0.3) is 5.70 Å². The maximum Gasteiger partial charge on any atom is 0.228 e. The van der Waals surface area contributed by atoms with Crippen molar-refractivity contribution >= 4 is 21.4 Å². The lowest BCUT2D eigenvalue weighted by atomic mass is 10.1. The maximum atomic E-state index is 12.0. The number of hydrogen-bond donors (Lipinski definition) is 0. The fourth-order valence-corrected chi connectivity index (χ4v) is 3.88. The van der Waals surface area contributed by atoms with Gasteiger partial charge in [-0.15, -0.1) is 12.3 Å². The average Bonchev–Trinajstić information content (AvgIpc) is 2.89. The highest BCUT2D eigenvalue weighted by Crippen LogP contribution is 2.37. The lowest BCUT2D eigenvalue weighted by Crippen LogP contribution is -2.22. The first-order valence-corrected chi connectivity index (χ1v) is 7.40. The molecule has 0 aromatic heterocycles. The van der Waals surface area contributed by atoms with Crippen molar-refractivity contribution in [2.24, 2.45) is 5.92 Å². The number of carbonyl (C=O) groups excluding carboxylic acids is 1. The molecule has 2 aliphatic rings. The van der Waals surface area contributed by atoms with Crippen molar-refractivity contribution in [2.45, 2.75) is 11.3 Å². The van der Waals surface area contributed by atoms with E-state index in [0.717, 1.165) is 5.41 Å². The number of terminal acetylenes is 1. The topological polar surface area (TPSA) is 54.5 Å². The normalized spacial score (nSPS) is 23.9. The number of likely N-dealkylation sites (tertiary alicyclic amines) is 1. The van der Waals surface area contributed by atoms with Crippen LogP contribution >= 0.6 is 0 Å². The lowest BCUT2D eigenvalue weighted by molar-refractivity contribution is -0.124. The molecule has 96 valence electrons. The molecule has 3 rings (SSSR count). The molecule has 0 N–H and O–H groups in total. The van der Waals surface area contributed by atoms with Gasteiger partial charge in [-0.1, -0.05) is 18.2 Å². The Labute approximate surface area is 111 Å². The summed E-state index contributed by atoms with van der Waals surface area (Å²) in [7, 11) is -3.45. The van der Waals surface area contributed by atoms with Gasteiger partial charge in [-0.3, -0.25) is 4.79 Å². The van der Waals surface area contributed by atoms with E-state index >= 15 is 0 Å². The van der Waals surface area contributed by atoms with E-state index < -0.39 is 9.84 Å². The molecule has 0 aliphatic carbocycles. The third-order valence-electron chi connectivity index (χ3n) is 3.39. The van der Waals surface area contributed by atoms with Gasteiger partial charge in [0.1, 0.15) is 0 Å². The highest BCUT2D eigenvalue weighted by atomic mass is 32.2. The number of hydrogen-bond acceptors (Lipinski definition) is 3. The zero-order chi connectivity index (χ0) is 13.6. The van der Waals surface area contributed by atoms with E-state index in [1.54, 1.807) is 24.3 Å². The SMILES string of the molecule is C#CC1CC(=O)N(C2=CS(=O)(=O)c3ccccc32)C1. The van der Waals surface area contributed by atoms with Crippen molar-refractivity contribution < 1.29 is 13.2 Å². The molecule has 5 heteroatoms. The lowest BCUT2D eigenvalue weighted by Gasteiger charge is -2.17. The smallest absolute Gasteiger partial charge is 0.228 e. The van der Waals surface area contributed by atoms with Crippen LogP contribution in [0.2, 0.25) is 0 Å². The molecule has 1 atom stereocenters.